The molecule has 2 heterocycles. The van der Waals surface area contributed by atoms with Crippen LogP contribution in [0.4, 0.5) is 18.9 Å². The van der Waals surface area contributed by atoms with Crippen LogP contribution in [0.1, 0.15) is 41.7 Å². The molecule has 0 spiro atoms. The van der Waals surface area contributed by atoms with Crippen molar-refractivity contribution in [2.45, 2.75) is 47.6 Å². The van der Waals surface area contributed by atoms with E-state index in [4.69, 9.17) is 11.6 Å². The van der Waals surface area contributed by atoms with Crippen molar-refractivity contribution in [2.75, 3.05) is 12.4 Å². The highest BCUT2D eigenvalue weighted by Crippen LogP contribution is 2.53. The van der Waals surface area contributed by atoms with Gasteiger partial charge in [-0.3, -0.25) is 9.78 Å². The highest BCUT2D eigenvalue weighted by Gasteiger charge is 2.58. The second kappa shape index (κ2) is 10.8. The average molecular weight is 633 g/mol. The van der Waals surface area contributed by atoms with Crippen molar-refractivity contribution < 1.29 is 31.5 Å². The fraction of sp³-hybridized carbons (Fsp3) is 0.333. The molecular weight excluding hydrogens is 605 g/mol. The van der Waals surface area contributed by atoms with Gasteiger partial charge in [-0.15, -0.1) is 0 Å². The standard InChI is InChI=1S/C30H28ClF3N4O4S/c1-38-24(23-4-2-3-9-35-23)15-36-29(38)30(40)13-17-5-6-18(14-30)27(17)43(41,42)25-10-16(7-8-20(25)31)28(39)37-19-11-21(32)26(34)22(33)12-19/h2-4,7-12,15,17-18,27,29,36,40H,5-6,13-14H2,1H3,(H,37,39)/t17?,18?,27-,29?,30-. The lowest BCUT2D eigenvalue weighted by molar-refractivity contribution is -0.0732. The molecule has 3 aliphatic rings. The number of hydrogen-bond donors (Lipinski definition) is 3. The zero-order chi connectivity index (χ0) is 30.7. The number of aromatic nitrogens is 1. The molecule has 8 nitrogen and oxygen atoms in total. The Kier molecular flexibility index (Phi) is 7.42. The molecular formula is C30H28ClF3N4O4S. The van der Waals surface area contributed by atoms with Gasteiger partial charge in [0.1, 0.15) is 11.8 Å². The second-order valence-corrected chi connectivity index (χ2v) is 13.9. The normalized spacial score (nSPS) is 26.7. The third-order valence-corrected chi connectivity index (χ3v) is 11.6. The number of rotatable bonds is 6. The molecule has 2 saturated carbocycles. The number of amides is 1. The predicted molar refractivity (Wildman–Crippen MR) is 154 cm³/mol. The summed E-state index contributed by atoms with van der Waals surface area (Å²) in [5.41, 5.74) is -0.107. The second-order valence-electron chi connectivity index (χ2n) is 11.4. The molecule has 1 aliphatic heterocycles. The molecule has 3 unspecified atom stereocenters. The molecule has 1 amide bonds. The van der Waals surface area contributed by atoms with Gasteiger partial charge in [-0.25, -0.2) is 21.6 Å². The number of likely N-dealkylation sites (N-methyl/N-ethyl adjacent to an activating group) is 1. The number of pyridine rings is 1. The molecule has 2 aromatic carbocycles. The van der Waals surface area contributed by atoms with Crippen LogP contribution < -0.4 is 10.6 Å². The van der Waals surface area contributed by atoms with Gasteiger partial charge in [-0.05, 0) is 67.9 Å². The summed E-state index contributed by atoms with van der Waals surface area (Å²) in [4.78, 5) is 19.0. The van der Waals surface area contributed by atoms with Crippen LogP contribution in [0.2, 0.25) is 5.02 Å². The Morgan fingerprint density at radius 2 is 1.77 bits per heavy atom. The first-order valence-electron chi connectivity index (χ1n) is 13.7. The largest absolute Gasteiger partial charge is 0.386 e. The van der Waals surface area contributed by atoms with E-state index in [2.05, 4.69) is 15.6 Å². The van der Waals surface area contributed by atoms with Crippen LogP contribution in [0.3, 0.4) is 0 Å². The zero-order valence-electron chi connectivity index (χ0n) is 22.9. The number of halogens is 4. The van der Waals surface area contributed by atoms with Crippen LogP contribution >= 0.6 is 11.6 Å². The van der Waals surface area contributed by atoms with E-state index in [-0.39, 0.29) is 45.8 Å². The molecule has 0 radical (unpaired) electrons. The number of sulfone groups is 1. The number of hydrogen-bond acceptors (Lipinski definition) is 7. The minimum absolute atomic E-state index is 0.0722. The summed E-state index contributed by atoms with van der Waals surface area (Å²) in [6, 6.07) is 10.5. The Labute approximate surface area is 251 Å². The molecule has 3 N–H and O–H groups in total. The molecule has 2 bridgehead atoms. The Hall–Kier alpha value is -3.61. The van der Waals surface area contributed by atoms with Crippen molar-refractivity contribution in [3.05, 3.63) is 94.7 Å². The van der Waals surface area contributed by atoms with Gasteiger partial charge in [-0.1, -0.05) is 17.7 Å². The number of carbonyl (C=O) groups excluding carboxylic acids is 1. The Bertz CT molecular complexity index is 1700. The minimum atomic E-state index is -4.07. The SMILES string of the molecule is CN1C(c2ccccn2)=CNC1[C@]1(O)CC2CCC(C1)[C@H]2S(=O)(=O)c1cc(C(=O)Nc2cc(F)c(F)c(F)c2)ccc1Cl. The number of nitrogens with one attached hydrogen (secondary N) is 2. The van der Waals surface area contributed by atoms with Gasteiger partial charge >= 0.3 is 0 Å². The van der Waals surface area contributed by atoms with Crippen LogP contribution in [0.5, 0.6) is 0 Å². The first-order valence-corrected chi connectivity index (χ1v) is 15.6. The molecule has 6 rings (SSSR count). The van der Waals surface area contributed by atoms with Crippen LogP contribution in [0.25, 0.3) is 5.70 Å². The predicted octanol–water partition coefficient (Wildman–Crippen LogP) is 4.96. The number of carbonyl (C=O) groups is 1. The maximum absolute atomic E-state index is 14.1. The lowest BCUT2D eigenvalue weighted by Crippen LogP contribution is -2.59. The number of fused-ring (bicyclic) bond motifs is 2. The van der Waals surface area contributed by atoms with Crippen molar-refractivity contribution >= 4 is 38.7 Å². The zero-order valence-corrected chi connectivity index (χ0v) is 24.5. The van der Waals surface area contributed by atoms with Crippen LogP contribution in [-0.4, -0.2) is 53.4 Å². The topological polar surface area (TPSA) is 112 Å². The number of benzene rings is 2. The summed E-state index contributed by atoms with van der Waals surface area (Å²) in [5.74, 6) is -6.21. The van der Waals surface area contributed by atoms with E-state index >= 15 is 0 Å². The smallest absolute Gasteiger partial charge is 0.255 e. The van der Waals surface area contributed by atoms with Crippen molar-refractivity contribution in [3.63, 3.8) is 0 Å². The van der Waals surface area contributed by atoms with E-state index in [9.17, 15) is 31.5 Å². The third kappa shape index (κ3) is 5.15. The first kappa shape index (κ1) is 29.5. The molecule has 2 aliphatic carbocycles. The molecule has 13 heteroatoms. The van der Waals surface area contributed by atoms with E-state index in [0.717, 1.165) is 17.5 Å². The lowest BCUT2D eigenvalue weighted by Gasteiger charge is -2.46. The summed E-state index contributed by atoms with van der Waals surface area (Å²) in [5, 5.41) is 16.5. The van der Waals surface area contributed by atoms with Gasteiger partial charge in [0.25, 0.3) is 5.91 Å². The van der Waals surface area contributed by atoms with Gasteiger partial charge < -0.3 is 20.6 Å². The van der Waals surface area contributed by atoms with E-state index in [1.165, 1.54) is 12.1 Å². The van der Waals surface area contributed by atoms with Crippen LogP contribution in [-0.2, 0) is 9.84 Å². The fourth-order valence-corrected chi connectivity index (χ4v) is 9.78. The highest BCUT2D eigenvalue weighted by molar-refractivity contribution is 7.92. The van der Waals surface area contributed by atoms with E-state index < -0.39 is 50.2 Å². The number of nitrogens with zero attached hydrogens (tertiary/aromatic N) is 2. The minimum Gasteiger partial charge on any atom is -0.386 e. The van der Waals surface area contributed by atoms with Crippen molar-refractivity contribution in [1.29, 1.82) is 0 Å². The Morgan fingerprint density at radius 1 is 1.09 bits per heavy atom. The molecule has 3 atom stereocenters. The Morgan fingerprint density at radius 3 is 2.40 bits per heavy atom. The summed E-state index contributed by atoms with van der Waals surface area (Å²) in [6.07, 6.45) is 4.69. The first-order chi connectivity index (χ1) is 20.4. The van der Waals surface area contributed by atoms with Crippen molar-refractivity contribution in [1.82, 2.24) is 15.2 Å². The van der Waals surface area contributed by atoms with E-state index in [0.29, 0.717) is 25.0 Å². The van der Waals surface area contributed by atoms with E-state index in [1.54, 1.807) is 12.4 Å². The van der Waals surface area contributed by atoms with Crippen LogP contribution in [0.15, 0.2) is 65.8 Å². The lowest BCUT2D eigenvalue weighted by atomic mass is 9.75. The third-order valence-electron chi connectivity index (χ3n) is 8.75. The monoisotopic (exact) mass is 632 g/mol. The van der Waals surface area contributed by atoms with Crippen molar-refractivity contribution in [3.8, 4) is 0 Å². The van der Waals surface area contributed by atoms with Gasteiger partial charge in [-0.2, -0.15) is 0 Å². The quantitative estimate of drug-likeness (QED) is 0.330. The maximum Gasteiger partial charge on any atom is 0.255 e. The molecule has 2 fully saturated rings. The Balaban J connectivity index is 1.22. The summed E-state index contributed by atoms with van der Waals surface area (Å²) in [6.45, 7) is 0. The summed E-state index contributed by atoms with van der Waals surface area (Å²) >= 11 is 6.36. The number of anilines is 1. The summed E-state index contributed by atoms with van der Waals surface area (Å²) in [7, 11) is -2.21. The van der Waals surface area contributed by atoms with Gasteiger partial charge in [0.15, 0.2) is 27.3 Å². The average Bonchev–Trinajstić information content (AvgIpc) is 3.50. The molecule has 226 valence electrons. The van der Waals surface area contributed by atoms with Crippen LogP contribution in [0, 0.1) is 29.3 Å². The van der Waals surface area contributed by atoms with Gasteiger partial charge in [0.05, 0.1) is 26.6 Å². The van der Waals surface area contributed by atoms with Crippen molar-refractivity contribution in [2.24, 2.45) is 11.8 Å². The molecule has 1 aromatic heterocycles. The summed E-state index contributed by atoms with van der Waals surface area (Å²) < 4.78 is 68.7. The molecule has 43 heavy (non-hydrogen) atoms. The molecule has 3 aromatic rings. The van der Waals surface area contributed by atoms with Gasteiger partial charge in [0.2, 0.25) is 0 Å². The fourth-order valence-electron chi connectivity index (χ4n) is 6.93. The maximum atomic E-state index is 14.1. The highest BCUT2D eigenvalue weighted by atomic mass is 35.5. The molecule has 0 saturated heterocycles. The van der Waals surface area contributed by atoms with E-state index in [1.807, 2.05) is 30.1 Å². The van der Waals surface area contributed by atoms with Gasteiger partial charge in [0, 0.05) is 42.8 Å². The number of aliphatic hydroxyl groups is 1.